The lowest BCUT2D eigenvalue weighted by Crippen LogP contribution is -2.40. The minimum absolute atomic E-state index is 0.844. The van der Waals surface area contributed by atoms with Crippen LogP contribution in [-0.4, -0.2) is 24.0 Å². The van der Waals surface area contributed by atoms with Crippen molar-refractivity contribution in [2.45, 2.75) is 45.7 Å². The highest BCUT2D eigenvalue weighted by Gasteiger charge is 2.48. The van der Waals surface area contributed by atoms with Crippen molar-refractivity contribution in [3.63, 3.8) is 0 Å². The molecule has 1 nitrogen and oxygen atoms in total. The predicted octanol–water partition coefficient (Wildman–Crippen LogP) is 2.37. The number of piperidine rings is 1. The lowest BCUT2D eigenvalue weighted by atomic mass is 9.81. The van der Waals surface area contributed by atoms with Gasteiger partial charge in [-0.25, -0.2) is 0 Å². The summed E-state index contributed by atoms with van der Waals surface area (Å²) >= 11 is 0. The van der Waals surface area contributed by atoms with Gasteiger partial charge in [0.2, 0.25) is 0 Å². The Morgan fingerprint density at radius 3 is 2.33 bits per heavy atom. The molecule has 1 heteroatoms. The normalized spacial score (nSPS) is 47.8. The van der Waals surface area contributed by atoms with Crippen LogP contribution in [0.3, 0.4) is 0 Å². The van der Waals surface area contributed by atoms with Gasteiger partial charge >= 0.3 is 0 Å². The molecule has 1 aliphatic heterocycles. The fourth-order valence-electron chi connectivity index (χ4n) is 3.36. The van der Waals surface area contributed by atoms with Crippen LogP contribution in [0.5, 0.6) is 0 Å². The Bertz CT molecular complexity index is 174. The minimum Gasteiger partial charge on any atom is -0.300 e. The van der Waals surface area contributed by atoms with E-state index < -0.39 is 0 Å². The number of rotatable bonds is 1. The average molecular weight is 167 g/mol. The maximum atomic E-state index is 2.59. The molecule has 70 valence electrons. The molecule has 2 bridgehead atoms. The summed E-state index contributed by atoms with van der Waals surface area (Å²) in [5, 5.41) is 0. The van der Waals surface area contributed by atoms with Crippen molar-refractivity contribution in [1.82, 2.24) is 4.90 Å². The third-order valence-corrected chi connectivity index (χ3v) is 4.33. The van der Waals surface area contributed by atoms with E-state index in [2.05, 4.69) is 32.7 Å². The van der Waals surface area contributed by atoms with Gasteiger partial charge in [-0.05, 0) is 44.6 Å². The van der Waals surface area contributed by atoms with Crippen molar-refractivity contribution in [3.05, 3.63) is 0 Å². The van der Waals surface area contributed by atoms with Crippen LogP contribution < -0.4 is 0 Å². The molecular weight excluding hydrogens is 146 g/mol. The molecule has 2 fully saturated rings. The molecule has 0 amide bonds. The van der Waals surface area contributed by atoms with Gasteiger partial charge in [-0.3, -0.25) is 0 Å². The van der Waals surface area contributed by atoms with Crippen LogP contribution in [0.1, 0.15) is 33.6 Å². The molecule has 12 heavy (non-hydrogen) atoms. The van der Waals surface area contributed by atoms with Gasteiger partial charge in [0.1, 0.15) is 0 Å². The topological polar surface area (TPSA) is 3.24 Å². The zero-order valence-corrected chi connectivity index (χ0v) is 8.75. The number of likely N-dealkylation sites (tertiary alicyclic amines) is 1. The van der Waals surface area contributed by atoms with E-state index in [0.717, 1.165) is 29.8 Å². The molecule has 2 aliphatic rings. The van der Waals surface area contributed by atoms with E-state index in [1.807, 2.05) is 0 Å². The lowest BCUT2D eigenvalue weighted by Gasteiger charge is -2.36. The number of hydrogen-bond acceptors (Lipinski definition) is 1. The molecule has 1 saturated carbocycles. The first-order valence-electron chi connectivity index (χ1n) is 5.33. The Kier molecular flexibility index (Phi) is 1.95. The summed E-state index contributed by atoms with van der Waals surface area (Å²) in [4.78, 5) is 2.59. The molecule has 4 unspecified atom stereocenters. The molecule has 4 atom stereocenters. The first-order valence-corrected chi connectivity index (χ1v) is 5.33. The molecule has 0 aromatic rings. The van der Waals surface area contributed by atoms with Gasteiger partial charge in [0.05, 0.1) is 0 Å². The summed E-state index contributed by atoms with van der Waals surface area (Å²) in [6, 6.07) is 1.76. The van der Waals surface area contributed by atoms with E-state index in [0.29, 0.717) is 0 Å². The highest BCUT2D eigenvalue weighted by atomic mass is 15.2. The second kappa shape index (κ2) is 2.73. The van der Waals surface area contributed by atoms with Crippen molar-refractivity contribution < 1.29 is 0 Å². The summed E-state index contributed by atoms with van der Waals surface area (Å²) < 4.78 is 0. The highest BCUT2D eigenvalue weighted by Crippen LogP contribution is 2.48. The molecule has 0 radical (unpaired) electrons. The molecule has 1 aliphatic carbocycles. The van der Waals surface area contributed by atoms with Gasteiger partial charge in [-0.1, -0.05) is 13.8 Å². The van der Waals surface area contributed by atoms with Crippen molar-refractivity contribution in [2.24, 2.45) is 17.8 Å². The van der Waals surface area contributed by atoms with E-state index in [1.165, 1.54) is 12.8 Å². The van der Waals surface area contributed by atoms with Crippen LogP contribution in [0.4, 0.5) is 0 Å². The molecule has 1 saturated heterocycles. The maximum absolute atomic E-state index is 2.59. The zero-order valence-electron chi connectivity index (χ0n) is 8.75. The zero-order chi connectivity index (χ0) is 8.88. The fourth-order valence-corrected chi connectivity index (χ4v) is 3.36. The van der Waals surface area contributed by atoms with Gasteiger partial charge in [-0.2, -0.15) is 0 Å². The van der Waals surface area contributed by atoms with E-state index in [1.54, 1.807) is 0 Å². The standard InChI is InChI=1S/C11H21N/c1-7(2)10-5-9-6-11(10)8(3)12(9)4/h7-11H,5-6H2,1-4H3. The van der Waals surface area contributed by atoms with Crippen LogP contribution in [0.2, 0.25) is 0 Å². The Morgan fingerprint density at radius 2 is 1.92 bits per heavy atom. The molecule has 1 heterocycles. The predicted molar refractivity (Wildman–Crippen MR) is 52.1 cm³/mol. The quantitative estimate of drug-likeness (QED) is 0.579. The van der Waals surface area contributed by atoms with Crippen LogP contribution >= 0.6 is 0 Å². The van der Waals surface area contributed by atoms with Crippen molar-refractivity contribution in [3.8, 4) is 0 Å². The summed E-state index contributed by atoms with van der Waals surface area (Å²) in [5.41, 5.74) is 0. The lowest BCUT2D eigenvalue weighted by molar-refractivity contribution is 0.119. The minimum atomic E-state index is 0.844. The summed E-state index contributed by atoms with van der Waals surface area (Å²) in [5.74, 6) is 2.91. The summed E-state index contributed by atoms with van der Waals surface area (Å²) in [7, 11) is 2.30. The van der Waals surface area contributed by atoms with E-state index in [9.17, 15) is 0 Å². The van der Waals surface area contributed by atoms with Crippen molar-refractivity contribution in [1.29, 1.82) is 0 Å². The smallest absolute Gasteiger partial charge is 0.0101 e. The van der Waals surface area contributed by atoms with Crippen LogP contribution in [0.25, 0.3) is 0 Å². The SMILES string of the molecule is CC(C)C1CC2CC1C(C)N2C. The molecule has 0 spiro atoms. The van der Waals surface area contributed by atoms with Gasteiger partial charge in [0.15, 0.2) is 0 Å². The average Bonchev–Trinajstić information content (AvgIpc) is 2.53. The third kappa shape index (κ3) is 1.02. The Morgan fingerprint density at radius 1 is 1.25 bits per heavy atom. The van der Waals surface area contributed by atoms with E-state index in [4.69, 9.17) is 0 Å². The Hall–Kier alpha value is -0.0400. The van der Waals surface area contributed by atoms with Crippen molar-refractivity contribution in [2.75, 3.05) is 7.05 Å². The van der Waals surface area contributed by atoms with Gasteiger partial charge < -0.3 is 4.90 Å². The molecule has 0 aromatic carbocycles. The van der Waals surface area contributed by atoms with Gasteiger partial charge in [0, 0.05) is 12.1 Å². The van der Waals surface area contributed by atoms with Crippen molar-refractivity contribution >= 4 is 0 Å². The fraction of sp³-hybridized carbons (Fsp3) is 1.00. The Labute approximate surface area is 76.1 Å². The highest BCUT2D eigenvalue weighted by molar-refractivity contribution is 5.01. The first-order chi connectivity index (χ1) is 5.61. The molecule has 0 aromatic heterocycles. The second-order valence-corrected chi connectivity index (χ2v) is 5.10. The van der Waals surface area contributed by atoms with E-state index >= 15 is 0 Å². The second-order valence-electron chi connectivity index (χ2n) is 5.10. The maximum Gasteiger partial charge on any atom is 0.0101 e. The monoisotopic (exact) mass is 167 g/mol. The first kappa shape index (κ1) is 8.55. The largest absolute Gasteiger partial charge is 0.300 e. The Balaban J connectivity index is 2.10. The number of hydrogen-bond donors (Lipinski definition) is 0. The molecule has 0 N–H and O–H groups in total. The van der Waals surface area contributed by atoms with E-state index in [-0.39, 0.29) is 0 Å². The van der Waals surface area contributed by atoms with Gasteiger partial charge in [-0.15, -0.1) is 0 Å². The van der Waals surface area contributed by atoms with Crippen LogP contribution in [0.15, 0.2) is 0 Å². The van der Waals surface area contributed by atoms with Crippen LogP contribution in [-0.2, 0) is 0 Å². The number of nitrogens with zero attached hydrogens (tertiary/aromatic N) is 1. The molecular formula is C11H21N. The van der Waals surface area contributed by atoms with Gasteiger partial charge in [0.25, 0.3) is 0 Å². The summed E-state index contributed by atoms with van der Waals surface area (Å²) in [6.45, 7) is 7.18. The third-order valence-electron chi connectivity index (χ3n) is 4.33. The van der Waals surface area contributed by atoms with Crippen LogP contribution in [0, 0.1) is 17.8 Å². The summed E-state index contributed by atoms with van der Waals surface area (Å²) in [6.07, 6.45) is 2.93. The molecule has 2 rings (SSSR count). The number of fused-ring (bicyclic) bond motifs is 2.